The molecule has 0 aromatic heterocycles. The van der Waals surface area contributed by atoms with E-state index in [1.807, 2.05) is 57.2 Å². The average Bonchev–Trinajstić information content (AvgIpc) is 2.44. The Hall–Kier alpha value is -2.29. The smallest absolute Gasteiger partial charge is 0.339 e. The Kier molecular flexibility index (Phi) is 4.63. The summed E-state index contributed by atoms with van der Waals surface area (Å²) in [4.78, 5) is 12.2. The summed E-state index contributed by atoms with van der Waals surface area (Å²) < 4.78 is 10.5. The van der Waals surface area contributed by atoms with Crippen LogP contribution in [0.2, 0.25) is 0 Å². The normalized spacial score (nSPS) is 10.3. The van der Waals surface area contributed by atoms with Crippen molar-refractivity contribution < 1.29 is 14.3 Å². The second-order valence-corrected chi connectivity index (χ2v) is 5.20. The van der Waals surface area contributed by atoms with E-state index in [-0.39, 0.29) is 12.6 Å². The van der Waals surface area contributed by atoms with Crippen LogP contribution in [-0.2, 0) is 11.3 Å². The number of hydrogen-bond donors (Lipinski definition) is 0. The molecule has 0 saturated heterocycles. The highest BCUT2D eigenvalue weighted by Gasteiger charge is 2.14. The first kappa shape index (κ1) is 15.1. The summed E-state index contributed by atoms with van der Waals surface area (Å²) in [6.45, 7) is 6.15. The summed E-state index contributed by atoms with van der Waals surface area (Å²) in [7, 11) is 1.62. The average molecular weight is 284 g/mol. The van der Waals surface area contributed by atoms with Crippen molar-refractivity contribution >= 4 is 5.97 Å². The molecule has 2 aromatic rings. The maximum absolute atomic E-state index is 12.2. The van der Waals surface area contributed by atoms with Gasteiger partial charge in [0.1, 0.15) is 12.4 Å². The fraction of sp³-hybridized carbons (Fsp3) is 0.278. The lowest BCUT2D eigenvalue weighted by molar-refractivity contribution is 0.0471. The van der Waals surface area contributed by atoms with Gasteiger partial charge in [0.25, 0.3) is 0 Å². The Labute approximate surface area is 125 Å². The first-order valence-corrected chi connectivity index (χ1v) is 6.89. The second kappa shape index (κ2) is 6.44. The molecule has 0 fully saturated rings. The molecule has 0 amide bonds. The fourth-order valence-corrected chi connectivity index (χ4v) is 2.44. The maximum Gasteiger partial charge on any atom is 0.339 e. The van der Waals surface area contributed by atoms with E-state index >= 15 is 0 Å². The lowest BCUT2D eigenvalue weighted by Gasteiger charge is -2.11. The molecule has 0 saturated carbocycles. The first-order chi connectivity index (χ1) is 10.0. The van der Waals surface area contributed by atoms with Gasteiger partial charge >= 0.3 is 5.97 Å². The highest BCUT2D eigenvalue weighted by atomic mass is 16.5. The van der Waals surface area contributed by atoms with Crippen LogP contribution in [0.1, 0.15) is 32.6 Å². The van der Waals surface area contributed by atoms with Crippen molar-refractivity contribution in [1.29, 1.82) is 0 Å². The van der Waals surface area contributed by atoms with E-state index in [0.717, 1.165) is 28.0 Å². The number of esters is 1. The number of methoxy groups -OCH3 is 1. The Morgan fingerprint density at radius 2 is 1.57 bits per heavy atom. The molecule has 0 unspecified atom stereocenters. The Morgan fingerprint density at radius 1 is 1.00 bits per heavy atom. The summed E-state index contributed by atoms with van der Waals surface area (Å²) in [6, 6.07) is 11.5. The topological polar surface area (TPSA) is 35.5 Å². The predicted molar refractivity (Wildman–Crippen MR) is 82.8 cm³/mol. The molecule has 0 heterocycles. The first-order valence-electron chi connectivity index (χ1n) is 6.89. The number of aryl methyl sites for hydroxylation is 3. The zero-order chi connectivity index (χ0) is 15.4. The minimum Gasteiger partial charge on any atom is -0.497 e. The fourth-order valence-electron chi connectivity index (χ4n) is 2.44. The Bertz CT molecular complexity index is 619. The van der Waals surface area contributed by atoms with Crippen LogP contribution in [-0.4, -0.2) is 13.1 Å². The number of benzene rings is 2. The molecule has 0 aliphatic heterocycles. The number of hydrogen-bond acceptors (Lipinski definition) is 3. The molecule has 0 atom stereocenters. The Balaban J connectivity index is 2.08. The number of carbonyl (C=O) groups is 1. The van der Waals surface area contributed by atoms with Gasteiger partial charge in [0.05, 0.1) is 12.7 Å². The van der Waals surface area contributed by atoms with E-state index in [2.05, 4.69) is 0 Å². The molecule has 0 bridgehead atoms. The van der Waals surface area contributed by atoms with Crippen molar-refractivity contribution in [2.75, 3.05) is 7.11 Å². The van der Waals surface area contributed by atoms with Crippen molar-refractivity contribution in [3.05, 3.63) is 64.2 Å². The minimum absolute atomic E-state index is 0.260. The zero-order valence-corrected chi connectivity index (χ0v) is 12.9. The van der Waals surface area contributed by atoms with Crippen molar-refractivity contribution in [2.24, 2.45) is 0 Å². The van der Waals surface area contributed by atoms with Gasteiger partial charge in [-0.25, -0.2) is 4.79 Å². The summed E-state index contributed by atoms with van der Waals surface area (Å²) in [5, 5.41) is 0. The van der Waals surface area contributed by atoms with Gasteiger partial charge in [0.2, 0.25) is 0 Å². The van der Waals surface area contributed by atoms with Crippen LogP contribution in [0.15, 0.2) is 36.4 Å². The van der Waals surface area contributed by atoms with E-state index < -0.39 is 0 Å². The van der Waals surface area contributed by atoms with Crippen LogP contribution in [0, 0.1) is 20.8 Å². The van der Waals surface area contributed by atoms with Gasteiger partial charge in [-0.05, 0) is 49.6 Å². The molecular formula is C18H20O3. The standard InChI is InChI=1S/C18H20O3/c1-12-9-13(2)17(14(3)10-12)18(19)21-11-15-5-7-16(20-4)8-6-15/h5-10H,11H2,1-4H3. The monoisotopic (exact) mass is 284 g/mol. The summed E-state index contributed by atoms with van der Waals surface area (Å²) in [6.07, 6.45) is 0. The van der Waals surface area contributed by atoms with Crippen LogP contribution in [0.3, 0.4) is 0 Å². The van der Waals surface area contributed by atoms with E-state index in [0.29, 0.717) is 5.56 Å². The summed E-state index contributed by atoms with van der Waals surface area (Å²) >= 11 is 0. The molecular weight excluding hydrogens is 264 g/mol. The van der Waals surface area contributed by atoms with Crippen molar-refractivity contribution in [2.45, 2.75) is 27.4 Å². The number of carbonyl (C=O) groups excluding carboxylic acids is 1. The van der Waals surface area contributed by atoms with E-state index in [1.165, 1.54) is 0 Å². The molecule has 0 spiro atoms. The van der Waals surface area contributed by atoms with Gasteiger partial charge in [0, 0.05) is 0 Å². The summed E-state index contributed by atoms with van der Waals surface area (Å²) in [5.74, 6) is 0.510. The lowest BCUT2D eigenvalue weighted by atomic mass is 10.00. The van der Waals surface area contributed by atoms with Crippen LogP contribution in [0.25, 0.3) is 0 Å². The van der Waals surface area contributed by atoms with Crippen LogP contribution in [0.4, 0.5) is 0 Å². The molecule has 0 aliphatic rings. The van der Waals surface area contributed by atoms with Gasteiger partial charge in [0.15, 0.2) is 0 Å². The second-order valence-electron chi connectivity index (χ2n) is 5.20. The van der Waals surface area contributed by atoms with E-state index in [1.54, 1.807) is 7.11 Å². The van der Waals surface area contributed by atoms with Gasteiger partial charge < -0.3 is 9.47 Å². The molecule has 21 heavy (non-hydrogen) atoms. The van der Waals surface area contributed by atoms with Crippen molar-refractivity contribution in [3.8, 4) is 5.75 Å². The molecule has 2 rings (SSSR count). The number of ether oxygens (including phenoxy) is 2. The number of rotatable bonds is 4. The third-order valence-electron chi connectivity index (χ3n) is 3.41. The van der Waals surface area contributed by atoms with Crippen LogP contribution in [0.5, 0.6) is 5.75 Å². The maximum atomic E-state index is 12.2. The van der Waals surface area contributed by atoms with Crippen LogP contribution < -0.4 is 4.74 Å². The molecule has 0 N–H and O–H groups in total. The van der Waals surface area contributed by atoms with E-state index in [4.69, 9.17) is 9.47 Å². The van der Waals surface area contributed by atoms with Gasteiger partial charge in [-0.3, -0.25) is 0 Å². The van der Waals surface area contributed by atoms with Gasteiger partial charge in [-0.15, -0.1) is 0 Å². The van der Waals surface area contributed by atoms with Gasteiger partial charge in [-0.2, -0.15) is 0 Å². The molecule has 0 aliphatic carbocycles. The quantitative estimate of drug-likeness (QED) is 0.797. The minimum atomic E-state index is -0.277. The third kappa shape index (κ3) is 3.63. The highest BCUT2D eigenvalue weighted by Crippen LogP contribution is 2.18. The van der Waals surface area contributed by atoms with E-state index in [9.17, 15) is 4.79 Å². The molecule has 0 radical (unpaired) electrons. The molecule has 3 nitrogen and oxygen atoms in total. The molecule has 2 aromatic carbocycles. The SMILES string of the molecule is COc1ccc(COC(=O)c2c(C)cc(C)cc2C)cc1. The van der Waals surface area contributed by atoms with Crippen LogP contribution >= 0.6 is 0 Å². The highest BCUT2D eigenvalue weighted by molar-refractivity contribution is 5.92. The molecule has 110 valence electrons. The zero-order valence-electron chi connectivity index (χ0n) is 12.9. The third-order valence-corrected chi connectivity index (χ3v) is 3.41. The van der Waals surface area contributed by atoms with Crippen molar-refractivity contribution in [1.82, 2.24) is 0 Å². The summed E-state index contributed by atoms with van der Waals surface area (Å²) in [5.41, 5.74) is 4.65. The lowest BCUT2D eigenvalue weighted by Crippen LogP contribution is -2.09. The Morgan fingerprint density at radius 3 is 2.10 bits per heavy atom. The van der Waals surface area contributed by atoms with Crippen molar-refractivity contribution in [3.63, 3.8) is 0 Å². The molecule has 3 heteroatoms. The largest absolute Gasteiger partial charge is 0.497 e. The predicted octanol–water partition coefficient (Wildman–Crippen LogP) is 3.98. The van der Waals surface area contributed by atoms with Gasteiger partial charge in [-0.1, -0.05) is 29.8 Å².